The minimum absolute atomic E-state index is 0.139. The van der Waals surface area contributed by atoms with Gasteiger partial charge in [0.15, 0.2) is 0 Å². The molecule has 2 aromatic rings. The molecule has 142 valence electrons. The summed E-state index contributed by atoms with van der Waals surface area (Å²) in [5, 5.41) is 0. The molecule has 26 heavy (non-hydrogen) atoms. The van der Waals surface area contributed by atoms with Crippen LogP contribution in [0.4, 0.5) is 0 Å². The highest BCUT2D eigenvalue weighted by molar-refractivity contribution is 7.89. The van der Waals surface area contributed by atoms with Crippen molar-refractivity contribution in [2.75, 3.05) is 19.7 Å². The maximum absolute atomic E-state index is 12.6. The minimum Gasteiger partial charge on any atom is -0.493 e. The molecule has 0 radical (unpaired) electrons. The molecular weight excluding hydrogens is 352 g/mol. The molecule has 0 fully saturated rings. The molecule has 1 heterocycles. The largest absolute Gasteiger partial charge is 0.493 e. The third-order valence-electron chi connectivity index (χ3n) is 4.19. The number of hydrogen-bond donors (Lipinski definition) is 0. The second-order valence-electron chi connectivity index (χ2n) is 5.95. The summed E-state index contributed by atoms with van der Waals surface area (Å²) >= 11 is 0. The fourth-order valence-electron chi connectivity index (χ4n) is 2.68. The summed E-state index contributed by atoms with van der Waals surface area (Å²) < 4.78 is 33.7. The Balaban J connectivity index is 2.06. The molecule has 2 rings (SSSR count). The van der Waals surface area contributed by atoms with E-state index >= 15 is 0 Å². The lowest BCUT2D eigenvalue weighted by molar-refractivity contribution is 0.299. The first kappa shape index (κ1) is 20.2. The summed E-state index contributed by atoms with van der Waals surface area (Å²) in [5.74, 6) is 0.817. The van der Waals surface area contributed by atoms with Crippen molar-refractivity contribution >= 4 is 10.0 Å². The van der Waals surface area contributed by atoms with Crippen molar-refractivity contribution in [3.8, 4) is 5.75 Å². The smallest absolute Gasteiger partial charge is 0.250 e. The second kappa shape index (κ2) is 9.00. The summed E-state index contributed by atoms with van der Waals surface area (Å²) in [6, 6.07) is 10.4. The molecule has 0 atom stereocenters. The molecule has 0 saturated heterocycles. The number of hydrogen-bond acceptors (Lipinski definition) is 4. The van der Waals surface area contributed by atoms with Gasteiger partial charge in [0.1, 0.15) is 5.75 Å². The van der Waals surface area contributed by atoms with E-state index in [2.05, 4.69) is 0 Å². The molecule has 1 aromatic heterocycles. The quantitative estimate of drug-likeness (QED) is 0.629. The van der Waals surface area contributed by atoms with Gasteiger partial charge in [0, 0.05) is 31.9 Å². The van der Waals surface area contributed by atoms with Crippen LogP contribution in [0.25, 0.3) is 0 Å². The summed E-state index contributed by atoms with van der Waals surface area (Å²) in [6.45, 7) is 7.18. The van der Waals surface area contributed by atoms with Crippen molar-refractivity contribution in [1.29, 1.82) is 0 Å². The van der Waals surface area contributed by atoms with Gasteiger partial charge < -0.3 is 9.30 Å². The van der Waals surface area contributed by atoms with Crippen LogP contribution in [0.3, 0.4) is 0 Å². The number of rotatable bonds is 9. The maximum atomic E-state index is 12.6. The van der Waals surface area contributed by atoms with E-state index in [1.165, 1.54) is 27.2 Å². The number of pyridine rings is 1. The van der Waals surface area contributed by atoms with Crippen LogP contribution in [0.2, 0.25) is 0 Å². The van der Waals surface area contributed by atoms with Crippen molar-refractivity contribution in [1.82, 2.24) is 8.87 Å². The van der Waals surface area contributed by atoms with Gasteiger partial charge in [-0.15, -0.1) is 0 Å². The zero-order chi connectivity index (χ0) is 19.2. The molecule has 6 nitrogen and oxygen atoms in total. The Morgan fingerprint density at radius 3 is 2.42 bits per heavy atom. The van der Waals surface area contributed by atoms with E-state index in [9.17, 15) is 13.2 Å². The van der Waals surface area contributed by atoms with Crippen molar-refractivity contribution in [2.24, 2.45) is 0 Å². The number of benzene rings is 1. The lowest BCUT2D eigenvalue weighted by Gasteiger charge is -2.19. The Morgan fingerprint density at radius 2 is 1.77 bits per heavy atom. The topological polar surface area (TPSA) is 68.6 Å². The van der Waals surface area contributed by atoms with Gasteiger partial charge in [-0.1, -0.05) is 32.0 Å². The SMILES string of the molecule is CCN(CC)S(=O)(=O)c1ccc(=O)n(CCCOc2ccccc2C)c1. The number of ether oxygens (including phenoxy) is 1. The van der Waals surface area contributed by atoms with Crippen molar-refractivity contribution in [2.45, 2.75) is 38.6 Å². The van der Waals surface area contributed by atoms with E-state index in [1.54, 1.807) is 13.8 Å². The molecule has 0 amide bonds. The van der Waals surface area contributed by atoms with Gasteiger partial charge in [-0.2, -0.15) is 4.31 Å². The average Bonchev–Trinajstić information content (AvgIpc) is 2.62. The zero-order valence-corrected chi connectivity index (χ0v) is 16.3. The molecule has 0 N–H and O–H groups in total. The lowest BCUT2D eigenvalue weighted by Crippen LogP contribution is -2.32. The van der Waals surface area contributed by atoms with Crippen molar-refractivity contribution < 1.29 is 13.2 Å². The zero-order valence-electron chi connectivity index (χ0n) is 15.5. The predicted molar refractivity (Wildman–Crippen MR) is 102 cm³/mol. The Bertz CT molecular complexity index is 886. The number of nitrogens with zero attached hydrogens (tertiary/aromatic N) is 2. The summed E-state index contributed by atoms with van der Waals surface area (Å²) in [7, 11) is -3.58. The van der Waals surface area contributed by atoms with Gasteiger partial charge in [0.05, 0.1) is 11.5 Å². The van der Waals surface area contributed by atoms with Gasteiger partial charge in [-0.05, 0) is 31.0 Å². The van der Waals surface area contributed by atoms with Crippen LogP contribution in [0.15, 0.2) is 52.3 Å². The molecule has 0 saturated carbocycles. The standard InChI is InChI=1S/C19H26N2O4S/c1-4-21(5-2)26(23,24)17-11-12-19(22)20(15-17)13-8-14-25-18-10-7-6-9-16(18)3/h6-7,9-12,15H,4-5,8,13-14H2,1-3H3. The molecule has 7 heteroatoms. The minimum atomic E-state index is -3.58. The van der Waals surface area contributed by atoms with E-state index in [0.29, 0.717) is 32.7 Å². The lowest BCUT2D eigenvalue weighted by atomic mass is 10.2. The van der Waals surface area contributed by atoms with Crippen LogP contribution in [0.5, 0.6) is 5.75 Å². The van der Waals surface area contributed by atoms with Crippen LogP contribution in [-0.4, -0.2) is 37.0 Å². The maximum Gasteiger partial charge on any atom is 0.250 e. The molecule has 0 aliphatic carbocycles. The van der Waals surface area contributed by atoms with Crippen LogP contribution < -0.4 is 10.3 Å². The second-order valence-corrected chi connectivity index (χ2v) is 7.89. The van der Waals surface area contributed by atoms with Gasteiger partial charge in [0.25, 0.3) is 5.56 Å². The third kappa shape index (κ3) is 4.74. The number of sulfonamides is 1. The molecule has 0 aliphatic rings. The molecular formula is C19H26N2O4S. The monoisotopic (exact) mass is 378 g/mol. The first-order chi connectivity index (χ1) is 12.4. The molecule has 0 spiro atoms. The summed E-state index contributed by atoms with van der Waals surface area (Å²) in [6.07, 6.45) is 2.02. The Morgan fingerprint density at radius 1 is 1.08 bits per heavy atom. The van der Waals surface area contributed by atoms with Gasteiger partial charge in [-0.3, -0.25) is 4.79 Å². The molecule has 0 unspecified atom stereocenters. The highest BCUT2D eigenvalue weighted by Gasteiger charge is 2.22. The van der Waals surface area contributed by atoms with Gasteiger partial charge >= 0.3 is 0 Å². The van der Waals surface area contributed by atoms with E-state index in [0.717, 1.165) is 11.3 Å². The molecule has 0 aliphatic heterocycles. The Kier molecular flexibility index (Phi) is 6.99. The molecule has 0 bridgehead atoms. The van der Waals surface area contributed by atoms with Crippen LogP contribution in [-0.2, 0) is 16.6 Å². The summed E-state index contributed by atoms with van der Waals surface area (Å²) in [5.41, 5.74) is 0.830. The Hall–Kier alpha value is -2.12. The van der Waals surface area contributed by atoms with E-state index < -0.39 is 10.0 Å². The van der Waals surface area contributed by atoms with Gasteiger partial charge in [0.2, 0.25) is 10.0 Å². The van der Waals surface area contributed by atoms with Crippen LogP contribution in [0, 0.1) is 6.92 Å². The third-order valence-corrected chi connectivity index (χ3v) is 6.23. The van der Waals surface area contributed by atoms with Crippen molar-refractivity contribution in [3.63, 3.8) is 0 Å². The highest BCUT2D eigenvalue weighted by atomic mass is 32.2. The van der Waals surface area contributed by atoms with E-state index in [-0.39, 0.29) is 10.5 Å². The van der Waals surface area contributed by atoms with E-state index in [1.807, 2.05) is 31.2 Å². The van der Waals surface area contributed by atoms with Crippen LogP contribution >= 0.6 is 0 Å². The Labute approximate surface area is 155 Å². The fraction of sp³-hybridized carbons (Fsp3) is 0.421. The highest BCUT2D eigenvalue weighted by Crippen LogP contribution is 2.16. The van der Waals surface area contributed by atoms with Crippen LogP contribution in [0.1, 0.15) is 25.8 Å². The first-order valence-corrected chi connectivity index (χ1v) is 10.2. The average molecular weight is 378 g/mol. The molecule has 1 aromatic carbocycles. The first-order valence-electron chi connectivity index (χ1n) is 8.79. The number of aromatic nitrogens is 1. The number of aryl methyl sites for hydroxylation is 2. The summed E-state index contributed by atoms with van der Waals surface area (Å²) in [4.78, 5) is 12.2. The predicted octanol–water partition coefficient (Wildman–Crippen LogP) is 2.66. The van der Waals surface area contributed by atoms with Crippen molar-refractivity contribution in [3.05, 3.63) is 58.5 Å². The number of para-hydroxylation sites is 1. The fourth-order valence-corrected chi connectivity index (χ4v) is 4.16. The van der Waals surface area contributed by atoms with E-state index in [4.69, 9.17) is 4.74 Å². The normalized spacial score (nSPS) is 11.7. The van der Waals surface area contributed by atoms with Gasteiger partial charge in [-0.25, -0.2) is 8.42 Å².